The molecule has 0 aliphatic carbocycles. The maximum Gasteiger partial charge on any atom is 0.330 e. The first-order chi connectivity index (χ1) is 15.7. The highest BCUT2D eigenvalue weighted by Crippen LogP contribution is 2.35. The van der Waals surface area contributed by atoms with E-state index in [1.54, 1.807) is 13.0 Å². The summed E-state index contributed by atoms with van der Waals surface area (Å²) in [7, 11) is 0. The van der Waals surface area contributed by atoms with Gasteiger partial charge in [0.1, 0.15) is 0 Å². The first kappa shape index (κ1) is 21.3. The topological polar surface area (TPSA) is 55.0 Å². The van der Waals surface area contributed by atoms with E-state index in [2.05, 4.69) is 71.7 Å². The molecule has 0 atom stereocenters. The lowest BCUT2D eigenvalue weighted by Crippen LogP contribution is -1.98. The number of hydrogen-bond donors (Lipinski definition) is 1. The summed E-state index contributed by atoms with van der Waals surface area (Å²) < 4.78 is 4.97. The number of carbonyl (C=O) groups excluding carboxylic acids is 1. The molecule has 0 radical (unpaired) electrons. The van der Waals surface area contributed by atoms with Crippen LogP contribution in [0.4, 0.5) is 0 Å². The zero-order chi connectivity index (χ0) is 22.3. The number of aromatic nitrogens is 2. The van der Waals surface area contributed by atoms with Crippen molar-refractivity contribution in [2.24, 2.45) is 0 Å². The minimum atomic E-state index is -0.331. The summed E-state index contributed by atoms with van der Waals surface area (Å²) in [6, 6.07) is 25.2. The molecule has 0 aliphatic rings. The second kappa shape index (κ2) is 9.92. The maximum absolute atomic E-state index is 11.6. The molecule has 32 heavy (non-hydrogen) atoms. The molecule has 1 N–H and O–H groups in total. The van der Waals surface area contributed by atoms with E-state index in [-0.39, 0.29) is 5.97 Å². The van der Waals surface area contributed by atoms with Crippen LogP contribution in [-0.4, -0.2) is 22.8 Å². The fourth-order valence-corrected chi connectivity index (χ4v) is 3.89. The molecule has 0 unspecified atom stereocenters. The molecule has 4 aromatic rings. The minimum Gasteiger partial charge on any atom is -0.463 e. The molecule has 0 amide bonds. The number of ether oxygens (including phenoxy) is 1. The van der Waals surface area contributed by atoms with Gasteiger partial charge in [0.15, 0.2) is 0 Å². The van der Waals surface area contributed by atoms with Crippen LogP contribution in [0, 0.1) is 0 Å². The lowest BCUT2D eigenvalue weighted by Gasteiger charge is -2.16. The number of allylic oxidation sites excluding steroid dienone is 1. The van der Waals surface area contributed by atoms with Crippen molar-refractivity contribution in [1.82, 2.24) is 10.2 Å². The van der Waals surface area contributed by atoms with Crippen molar-refractivity contribution in [1.29, 1.82) is 0 Å². The first-order valence-corrected chi connectivity index (χ1v) is 10.9. The standard InChI is InChI=1S/C28H26N2O2/c1-3-25(21-8-6-5-7-9-21)28(23-15-16-24-19-29-30-26(24)18-23)22-13-10-20(11-14-22)12-17-27(31)32-4-2/h5-19H,3-4H2,1-2H3,(H,29,30)/b17-12+,28-25+. The van der Waals surface area contributed by atoms with E-state index < -0.39 is 0 Å². The largest absolute Gasteiger partial charge is 0.463 e. The van der Waals surface area contributed by atoms with Crippen molar-refractivity contribution in [3.63, 3.8) is 0 Å². The van der Waals surface area contributed by atoms with Gasteiger partial charge in [-0.3, -0.25) is 5.10 Å². The molecule has 0 fully saturated rings. The summed E-state index contributed by atoms with van der Waals surface area (Å²) in [4.78, 5) is 11.6. The Bertz CT molecular complexity index is 1270. The first-order valence-electron chi connectivity index (χ1n) is 10.9. The van der Waals surface area contributed by atoms with Crippen LogP contribution in [0.3, 0.4) is 0 Å². The number of nitrogens with one attached hydrogen (secondary N) is 1. The van der Waals surface area contributed by atoms with E-state index in [4.69, 9.17) is 4.74 Å². The highest BCUT2D eigenvalue weighted by Gasteiger charge is 2.14. The zero-order valence-corrected chi connectivity index (χ0v) is 18.3. The molecule has 4 heteroatoms. The smallest absolute Gasteiger partial charge is 0.330 e. The molecule has 0 bridgehead atoms. The molecular weight excluding hydrogens is 396 g/mol. The molecule has 0 saturated carbocycles. The molecule has 4 nitrogen and oxygen atoms in total. The monoisotopic (exact) mass is 422 g/mol. The van der Waals surface area contributed by atoms with Gasteiger partial charge in [0.2, 0.25) is 0 Å². The lowest BCUT2D eigenvalue weighted by molar-refractivity contribution is -0.137. The van der Waals surface area contributed by atoms with Gasteiger partial charge >= 0.3 is 5.97 Å². The fraction of sp³-hybridized carbons (Fsp3) is 0.143. The third-order valence-corrected chi connectivity index (χ3v) is 5.41. The van der Waals surface area contributed by atoms with Gasteiger partial charge in [0.25, 0.3) is 0 Å². The Morgan fingerprint density at radius 3 is 2.41 bits per heavy atom. The van der Waals surface area contributed by atoms with Crippen LogP contribution >= 0.6 is 0 Å². The molecule has 4 rings (SSSR count). The Labute approximate surface area is 188 Å². The molecule has 3 aromatic carbocycles. The summed E-state index contributed by atoms with van der Waals surface area (Å²) in [5.74, 6) is -0.331. The number of rotatable bonds is 7. The van der Waals surface area contributed by atoms with Gasteiger partial charge in [-0.25, -0.2) is 4.79 Å². The Kier molecular flexibility index (Phi) is 6.61. The van der Waals surface area contributed by atoms with Gasteiger partial charge < -0.3 is 4.74 Å². The number of nitrogens with zero attached hydrogens (tertiary/aromatic N) is 1. The number of aromatic amines is 1. The summed E-state index contributed by atoms with van der Waals surface area (Å²) >= 11 is 0. The van der Waals surface area contributed by atoms with Crippen LogP contribution in [0.25, 0.3) is 28.1 Å². The number of fused-ring (bicyclic) bond motifs is 1. The zero-order valence-electron chi connectivity index (χ0n) is 18.3. The summed E-state index contributed by atoms with van der Waals surface area (Å²) in [6.07, 6.45) is 5.97. The average molecular weight is 423 g/mol. The van der Waals surface area contributed by atoms with E-state index in [0.717, 1.165) is 34.0 Å². The third-order valence-electron chi connectivity index (χ3n) is 5.41. The van der Waals surface area contributed by atoms with E-state index in [9.17, 15) is 4.79 Å². The van der Waals surface area contributed by atoms with E-state index >= 15 is 0 Å². The van der Waals surface area contributed by atoms with Crippen LogP contribution in [0.15, 0.2) is 85.1 Å². The Hall–Kier alpha value is -3.92. The summed E-state index contributed by atoms with van der Waals surface area (Å²) in [6.45, 7) is 4.36. The van der Waals surface area contributed by atoms with Crippen LogP contribution in [-0.2, 0) is 9.53 Å². The fourth-order valence-electron chi connectivity index (χ4n) is 3.89. The van der Waals surface area contributed by atoms with Crippen molar-refractivity contribution < 1.29 is 9.53 Å². The molecule has 0 spiro atoms. The molecule has 1 aromatic heterocycles. The third kappa shape index (κ3) is 4.70. The van der Waals surface area contributed by atoms with Crippen molar-refractivity contribution in [2.45, 2.75) is 20.3 Å². The van der Waals surface area contributed by atoms with Crippen LogP contribution in [0.1, 0.15) is 42.5 Å². The Balaban J connectivity index is 1.81. The second-order valence-corrected chi connectivity index (χ2v) is 7.45. The quantitative estimate of drug-likeness (QED) is 0.210. The lowest BCUT2D eigenvalue weighted by atomic mass is 9.87. The van der Waals surface area contributed by atoms with Crippen LogP contribution < -0.4 is 0 Å². The summed E-state index contributed by atoms with van der Waals surface area (Å²) in [5, 5.41) is 8.34. The Morgan fingerprint density at radius 2 is 1.69 bits per heavy atom. The van der Waals surface area contributed by atoms with E-state index in [0.29, 0.717) is 6.61 Å². The van der Waals surface area contributed by atoms with E-state index in [1.807, 2.05) is 24.4 Å². The minimum absolute atomic E-state index is 0.331. The van der Waals surface area contributed by atoms with Crippen molar-refractivity contribution >= 4 is 34.1 Å². The van der Waals surface area contributed by atoms with Gasteiger partial charge in [0, 0.05) is 11.5 Å². The van der Waals surface area contributed by atoms with Gasteiger partial charge in [0.05, 0.1) is 18.3 Å². The van der Waals surface area contributed by atoms with Gasteiger partial charge in [-0.1, -0.05) is 73.7 Å². The van der Waals surface area contributed by atoms with Gasteiger partial charge in [-0.2, -0.15) is 5.10 Å². The summed E-state index contributed by atoms with van der Waals surface area (Å²) in [5.41, 5.74) is 7.90. The average Bonchev–Trinajstić information content (AvgIpc) is 3.30. The Morgan fingerprint density at radius 1 is 0.938 bits per heavy atom. The number of esters is 1. The van der Waals surface area contributed by atoms with Gasteiger partial charge in [-0.05, 0) is 58.9 Å². The predicted molar refractivity (Wildman–Crippen MR) is 131 cm³/mol. The number of hydrogen-bond acceptors (Lipinski definition) is 3. The van der Waals surface area contributed by atoms with Crippen molar-refractivity contribution in [2.75, 3.05) is 6.61 Å². The molecule has 1 heterocycles. The molecule has 160 valence electrons. The van der Waals surface area contributed by atoms with Crippen molar-refractivity contribution in [3.8, 4) is 0 Å². The normalized spacial score (nSPS) is 12.2. The highest BCUT2D eigenvalue weighted by atomic mass is 16.5. The SMILES string of the molecule is CCOC(=O)/C=C/c1ccc(/C(=C(/CC)c2ccccc2)c2ccc3cn[nH]c3c2)cc1. The molecular formula is C28H26N2O2. The number of H-pyrrole nitrogens is 1. The second-order valence-electron chi connectivity index (χ2n) is 7.45. The van der Waals surface area contributed by atoms with Crippen molar-refractivity contribution in [3.05, 3.63) is 107 Å². The van der Waals surface area contributed by atoms with Crippen LogP contribution in [0.5, 0.6) is 0 Å². The maximum atomic E-state index is 11.6. The molecule has 0 saturated heterocycles. The number of carbonyl (C=O) groups is 1. The van der Waals surface area contributed by atoms with E-state index in [1.165, 1.54) is 22.8 Å². The highest BCUT2D eigenvalue weighted by molar-refractivity contribution is 6.00. The van der Waals surface area contributed by atoms with Gasteiger partial charge in [-0.15, -0.1) is 0 Å². The predicted octanol–water partition coefficient (Wildman–Crippen LogP) is 6.51. The number of benzene rings is 3. The molecule has 0 aliphatic heterocycles. The van der Waals surface area contributed by atoms with Crippen LogP contribution in [0.2, 0.25) is 0 Å².